The third kappa shape index (κ3) is 3.20. The molecule has 1 rings (SSSR count). The van der Waals surface area contributed by atoms with Crippen molar-refractivity contribution in [2.75, 3.05) is 7.11 Å². The first kappa shape index (κ1) is 12.0. The summed E-state index contributed by atoms with van der Waals surface area (Å²) < 4.78 is 10.6. The first-order valence-electron chi connectivity index (χ1n) is 4.46. The normalized spacial score (nSPS) is 10.2. The van der Waals surface area contributed by atoms with Gasteiger partial charge in [-0.25, -0.2) is 9.78 Å². The third-order valence-electron chi connectivity index (χ3n) is 1.57. The van der Waals surface area contributed by atoms with Crippen molar-refractivity contribution in [1.29, 1.82) is 0 Å². The SMILES string of the molecule is COC(=O)c1nc(Br)ccc1OC(C)C. The first-order valence-corrected chi connectivity index (χ1v) is 5.25. The van der Waals surface area contributed by atoms with Crippen LogP contribution in [0.1, 0.15) is 24.3 Å². The van der Waals surface area contributed by atoms with Crippen LogP contribution in [0.2, 0.25) is 0 Å². The molecule has 5 heteroatoms. The van der Waals surface area contributed by atoms with Gasteiger partial charge in [-0.3, -0.25) is 0 Å². The molecule has 0 unspecified atom stereocenters. The van der Waals surface area contributed by atoms with Gasteiger partial charge in [0.1, 0.15) is 4.60 Å². The molecular weight excluding hydrogens is 262 g/mol. The molecule has 0 fully saturated rings. The monoisotopic (exact) mass is 273 g/mol. The van der Waals surface area contributed by atoms with Crippen LogP contribution in [0.3, 0.4) is 0 Å². The Morgan fingerprint density at radius 2 is 2.13 bits per heavy atom. The maximum absolute atomic E-state index is 11.4. The largest absolute Gasteiger partial charge is 0.488 e. The lowest BCUT2D eigenvalue weighted by atomic mass is 10.3. The zero-order valence-electron chi connectivity index (χ0n) is 8.78. The minimum absolute atomic E-state index is 0.0172. The van der Waals surface area contributed by atoms with Crippen molar-refractivity contribution in [3.63, 3.8) is 0 Å². The van der Waals surface area contributed by atoms with Gasteiger partial charge in [-0.15, -0.1) is 0 Å². The standard InChI is InChI=1S/C10H12BrNO3/c1-6(2)15-7-4-5-8(11)12-9(7)10(13)14-3/h4-6H,1-3H3. The average Bonchev–Trinajstić information content (AvgIpc) is 2.19. The zero-order chi connectivity index (χ0) is 11.4. The Kier molecular flexibility index (Phi) is 4.08. The number of halogens is 1. The van der Waals surface area contributed by atoms with Gasteiger partial charge in [-0.2, -0.15) is 0 Å². The molecule has 0 amide bonds. The van der Waals surface area contributed by atoms with E-state index in [0.717, 1.165) is 0 Å². The van der Waals surface area contributed by atoms with E-state index < -0.39 is 5.97 Å². The van der Waals surface area contributed by atoms with Crippen LogP contribution in [0.5, 0.6) is 5.75 Å². The average molecular weight is 274 g/mol. The van der Waals surface area contributed by atoms with Crippen molar-refractivity contribution >= 4 is 21.9 Å². The Labute approximate surface area is 96.7 Å². The summed E-state index contributed by atoms with van der Waals surface area (Å²) in [5.41, 5.74) is 0.181. The van der Waals surface area contributed by atoms with Gasteiger partial charge in [0.2, 0.25) is 0 Å². The number of carbonyl (C=O) groups is 1. The molecule has 0 spiro atoms. The molecule has 0 aliphatic carbocycles. The molecule has 0 aliphatic heterocycles. The lowest BCUT2D eigenvalue weighted by molar-refractivity contribution is 0.0586. The van der Waals surface area contributed by atoms with E-state index in [9.17, 15) is 4.79 Å². The molecule has 15 heavy (non-hydrogen) atoms. The Balaban J connectivity index is 3.08. The van der Waals surface area contributed by atoms with Crippen molar-refractivity contribution in [1.82, 2.24) is 4.98 Å². The third-order valence-corrected chi connectivity index (χ3v) is 2.01. The summed E-state index contributed by atoms with van der Waals surface area (Å²) in [4.78, 5) is 15.4. The number of nitrogens with zero attached hydrogens (tertiary/aromatic N) is 1. The van der Waals surface area contributed by atoms with E-state index in [1.54, 1.807) is 12.1 Å². The maximum atomic E-state index is 11.4. The molecule has 0 saturated carbocycles. The van der Waals surface area contributed by atoms with Crippen LogP contribution in [0, 0.1) is 0 Å². The van der Waals surface area contributed by atoms with E-state index >= 15 is 0 Å². The summed E-state index contributed by atoms with van der Waals surface area (Å²) in [5, 5.41) is 0. The minimum Gasteiger partial charge on any atom is -0.488 e. The number of hydrogen-bond acceptors (Lipinski definition) is 4. The van der Waals surface area contributed by atoms with Gasteiger partial charge >= 0.3 is 5.97 Å². The van der Waals surface area contributed by atoms with Crippen LogP contribution >= 0.6 is 15.9 Å². The maximum Gasteiger partial charge on any atom is 0.360 e. The van der Waals surface area contributed by atoms with Gasteiger partial charge in [0.15, 0.2) is 11.4 Å². The predicted octanol–water partition coefficient (Wildman–Crippen LogP) is 2.42. The number of esters is 1. The highest BCUT2D eigenvalue weighted by Gasteiger charge is 2.16. The minimum atomic E-state index is -0.507. The molecule has 82 valence electrons. The van der Waals surface area contributed by atoms with Crippen molar-refractivity contribution < 1.29 is 14.3 Å². The Bertz CT molecular complexity index is 366. The highest BCUT2D eigenvalue weighted by Crippen LogP contribution is 2.21. The molecule has 4 nitrogen and oxygen atoms in total. The van der Waals surface area contributed by atoms with Crippen LogP contribution in [0.4, 0.5) is 0 Å². The Morgan fingerprint density at radius 3 is 2.67 bits per heavy atom. The van der Waals surface area contributed by atoms with Gasteiger partial charge in [0.25, 0.3) is 0 Å². The van der Waals surface area contributed by atoms with Gasteiger partial charge < -0.3 is 9.47 Å². The van der Waals surface area contributed by atoms with Crippen LogP contribution in [-0.2, 0) is 4.74 Å². The highest BCUT2D eigenvalue weighted by molar-refractivity contribution is 9.10. The Morgan fingerprint density at radius 1 is 1.47 bits per heavy atom. The second-order valence-electron chi connectivity index (χ2n) is 3.14. The predicted molar refractivity (Wildman–Crippen MR) is 59.0 cm³/mol. The molecule has 1 aromatic heterocycles. The molecule has 0 aromatic carbocycles. The fourth-order valence-electron chi connectivity index (χ4n) is 1.01. The Hall–Kier alpha value is -1.10. The van der Waals surface area contributed by atoms with E-state index in [2.05, 4.69) is 25.7 Å². The van der Waals surface area contributed by atoms with Crippen LogP contribution in [-0.4, -0.2) is 24.2 Å². The van der Waals surface area contributed by atoms with Crippen LogP contribution in [0.25, 0.3) is 0 Å². The lowest BCUT2D eigenvalue weighted by Crippen LogP contribution is -2.12. The van der Waals surface area contributed by atoms with E-state index in [0.29, 0.717) is 10.4 Å². The molecular formula is C10H12BrNO3. The topological polar surface area (TPSA) is 48.4 Å². The zero-order valence-corrected chi connectivity index (χ0v) is 10.4. The molecule has 1 heterocycles. The van der Waals surface area contributed by atoms with Gasteiger partial charge in [-0.1, -0.05) is 0 Å². The van der Waals surface area contributed by atoms with Crippen LogP contribution < -0.4 is 4.74 Å². The molecule has 0 saturated heterocycles. The summed E-state index contributed by atoms with van der Waals surface area (Å²) in [6.45, 7) is 3.76. The molecule has 0 N–H and O–H groups in total. The lowest BCUT2D eigenvalue weighted by Gasteiger charge is -2.12. The van der Waals surface area contributed by atoms with Gasteiger partial charge in [0.05, 0.1) is 13.2 Å². The molecule has 0 radical (unpaired) electrons. The molecule has 0 bridgehead atoms. The number of pyridine rings is 1. The second-order valence-corrected chi connectivity index (χ2v) is 3.95. The molecule has 1 aromatic rings. The van der Waals surface area contributed by atoms with Crippen LogP contribution in [0.15, 0.2) is 16.7 Å². The molecule has 0 aliphatic rings. The van der Waals surface area contributed by atoms with E-state index in [-0.39, 0.29) is 11.8 Å². The molecule has 0 atom stereocenters. The van der Waals surface area contributed by atoms with E-state index in [1.165, 1.54) is 7.11 Å². The van der Waals surface area contributed by atoms with Crippen molar-refractivity contribution in [2.45, 2.75) is 20.0 Å². The number of hydrogen-bond donors (Lipinski definition) is 0. The fourth-order valence-corrected chi connectivity index (χ4v) is 1.32. The van der Waals surface area contributed by atoms with E-state index in [1.807, 2.05) is 13.8 Å². The summed E-state index contributed by atoms with van der Waals surface area (Å²) in [6.07, 6.45) is -0.0172. The number of ether oxygens (including phenoxy) is 2. The number of rotatable bonds is 3. The number of aromatic nitrogens is 1. The highest BCUT2D eigenvalue weighted by atomic mass is 79.9. The summed E-state index contributed by atoms with van der Waals surface area (Å²) in [7, 11) is 1.31. The van der Waals surface area contributed by atoms with Crippen molar-refractivity contribution in [2.24, 2.45) is 0 Å². The number of carbonyl (C=O) groups excluding carboxylic acids is 1. The fraction of sp³-hybridized carbons (Fsp3) is 0.400. The van der Waals surface area contributed by atoms with Crippen molar-refractivity contribution in [3.8, 4) is 5.75 Å². The van der Waals surface area contributed by atoms with E-state index in [4.69, 9.17) is 4.74 Å². The number of methoxy groups -OCH3 is 1. The van der Waals surface area contributed by atoms with Crippen molar-refractivity contribution in [3.05, 3.63) is 22.4 Å². The first-order chi connectivity index (χ1) is 7.04. The summed E-state index contributed by atoms with van der Waals surface area (Å²) in [5.74, 6) is -0.0769. The van der Waals surface area contributed by atoms with Gasteiger partial charge in [-0.05, 0) is 41.9 Å². The van der Waals surface area contributed by atoms with Gasteiger partial charge in [0, 0.05) is 0 Å². The smallest absolute Gasteiger partial charge is 0.360 e. The second kappa shape index (κ2) is 5.11. The summed E-state index contributed by atoms with van der Waals surface area (Å²) in [6, 6.07) is 3.40. The quantitative estimate of drug-likeness (QED) is 0.627. The summed E-state index contributed by atoms with van der Waals surface area (Å²) >= 11 is 3.19.